The second kappa shape index (κ2) is 11.4. The average molecular weight is 453 g/mol. The van der Waals surface area contributed by atoms with Gasteiger partial charge in [0.1, 0.15) is 11.9 Å². The molecule has 0 amide bonds. The summed E-state index contributed by atoms with van der Waals surface area (Å²) in [5.41, 5.74) is 8.73. The molecule has 0 bridgehead atoms. The van der Waals surface area contributed by atoms with Gasteiger partial charge in [-0.2, -0.15) is 0 Å². The van der Waals surface area contributed by atoms with E-state index in [9.17, 15) is 0 Å². The first-order chi connectivity index (χ1) is 15.5. The first-order valence-corrected chi connectivity index (χ1v) is 11.9. The molecule has 1 atom stereocenters. The first kappa shape index (κ1) is 26.5. The molecule has 0 aliphatic carbocycles. The number of benzene rings is 2. The molecule has 2 aromatic rings. The fourth-order valence-corrected chi connectivity index (χ4v) is 4.55. The molecule has 1 aliphatic rings. The zero-order valence-corrected chi connectivity index (χ0v) is 21.3. The van der Waals surface area contributed by atoms with Crippen LogP contribution in [0.3, 0.4) is 0 Å². The van der Waals surface area contributed by atoms with E-state index >= 15 is 0 Å². The van der Waals surface area contributed by atoms with Gasteiger partial charge in [0.25, 0.3) is 0 Å². The van der Waals surface area contributed by atoms with Crippen LogP contribution in [-0.2, 0) is 0 Å². The number of nitrogens with one attached hydrogen (secondary N) is 1. The van der Waals surface area contributed by atoms with Crippen molar-refractivity contribution in [2.24, 2.45) is 0 Å². The second-order valence-corrected chi connectivity index (χ2v) is 9.95. The summed E-state index contributed by atoms with van der Waals surface area (Å²) >= 11 is 0. The lowest BCUT2D eigenvalue weighted by molar-refractivity contribution is -0.768. The maximum Gasteiger partial charge on any atom is 0.249 e. The van der Waals surface area contributed by atoms with E-state index in [4.69, 9.17) is 15.0 Å². The number of carbonyl (C=O) groups is 1. The minimum absolute atomic E-state index is 0.510. The molecule has 1 heterocycles. The fourth-order valence-electron chi connectivity index (χ4n) is 4.55. The van der Waals surface area contributed by atoms with E-state index in [0.717, 1.165) is 6.67 Å². The quantitative estimate of drug-likeness (QED) is 0.604. The molecule has 33 heavy (non-hydrogen) atoms. The standard InChI is InChI=1S/C27H38N2.CH2O3/c1-18(2)22-11-9-12-23(19(3)4)26(22)28-15-16-29(17-28)27-24(20(5)6)13-10-14-25(27)21(7)8;2-1(3)4/h9-16,18-21H,17H2,1-8H3;(H2,2,3,4). The minimum atomic E-state index is -2.08. The number of nitrogens with zero attached hydrogens (tertiary/aromatic N) is 1. The minimum Gasteiger partial charge on any atom is -0.565 e. The fraction of sp³-hybridized carbons (Fsp3) is 0.464. The second-order valence-electron chi connectivity index (χ2n) is 9.95. The molecule has 5 nitrogen and oxygen atoms in total. The zero-order chi connectivity index (χ0) is 24.9. The van der Waals surface area contributed by atoms with Crippen molar-refractivity contribution in [1.82, 2.24) is 0 Å². The summed E-state index contributed by atoms with van der Waals surface area (Å²) in [5, 5.41) is 15.3. The van der Waals surface area contributed by atoms with Crippen molar-refractivity contribution < 1.29 is 19.9 Å². The van der Waals surface area contributed by atoms with Crippen LogP contribution in [0, 0.1) is 0 Å². The van der Waals surface area contributed by atoms with Crippen LogP contribution in [0.4, 0.5) is 16.2 Å². The summed E-state index contributed by atoms with van der Waals surface area (Å²) in [6, 6.07) is 13.7. The smallest absolute Gasteiger partial charge is 0.249 e. The van der Waals surface area contributed by atoms with Crippen molar-refractivity contribution in [2.45, 2.75) is 79.1 Å². The predicted molar refractivity (Wildman–Crippen MR) is 134 cm³/mol. The number of rotatable bonds is 6. The van der Waals surface area contributed by atoms with Crippen molar-refractivity contribution in [3.8, 4) is 0 Å². The van der Waals surface area contributed by atoms with Crippen LogP contribution in [0.25, 0.3) is 0 Å². The third-order valence-electron chi connectivity index (χ3n) is 6.12. The van der Waals surface area contributed by atoms with Gasteiger partial charge < -0.3 is 15.0 Å². The van der Waals surface area contributed by atoms with E-state index in [1.165, 1.54) is 38.5 Å². The Kier molecular flexibility index (Phi) is 9.12. The van der Waals surface area contributed by atoms with E-state index in [-0.39, 0.29) is 0 Å². The third-order valence-corrected chi connectivity index (χ3v) is 6.12. The highest BCUT2D eigenvalue weighted by molar-refractivity contribution is 5.64. The maximum atomic E-state index is 8.44. The lowest BCUT2D eigenvalue weighted by atomic mass is 9.91. The summed E-state index contributed by atoms with van der Waals surface area (Å²) in [7, 11) is 0. The SMILES string of the molecule is CC(C)c1cccc(C(C)C)c1N1C=C[NH+](c2c(C(C)C)cccc2C(C)C)C1.O=C([O-])O. The highest BCUT2D eigenvalue weighted by atomic mass is 16.6. The summed E-state index contributed by atoms with van der Waals surface area (Å²) in [6.07, 6.45) is 2.58. The molecule has 0 radical (unpaired) electrons. The molecular weight excluding hydrogens is 412 g/mol. The van der Waals surface area contributed by atoms with E-state index < -0.39 is 6.16 Å². The van der Waals surface area contributed by atoms with Crippen LogP contribution in [-0.4, -0.2) is 17.9 Å². The molecule has 2 N–H and O–H groups in total. The molecular formula is C28H40N2O3. The van der Waals surface area contributed by atoms with Crippen molar-refractivity contribution in [3.05, 3.63) is 71.1 Å². The largest absolute Gasteiger partial charge is 0.565 e. The number of quaternary nitrogens is 1. The molecule has 0 saturated heterocycles. The van der Waals surface area contributed by atoms with Crippen molar-refractivity contribution in [2.75, 3.05) is 11.6 Å². The molecule has 0 fully saturated rings. The molecule has 180 valence electrons. The van der Waals surface area contributed by atoms with Crippen LogP contribution in [0.1, 0.15) is 101 Å². The molecule has 0 aromatic heterocycles. The van der Waals surface area contributed by atoms with E-state index in [0.29, 0.717) is 23.7 Å². The van der Waals surface area contributed by atoms with E-state index in [1.54, 1.807) is 0 Å². The van der Waals surface area contributed by atoms with Crippen molar-refractivity contribution in [3.63, 3.8) is 0 Å². The summed E-state index contributed by atoms with van der Waals surface area (Å²) < 4.78 is 0. The van der Waals surface area contributed by atoms with Crippen LogP contribution < -0.4 is 14.9 Å². The number of anilines is 1. The van der Waals surface area contributed by atoms with Crippen LogP contribution in [0.15, 0.2) is 48.8 Å². The maximum absolute atomic E-state index is 8.44. The van der Waals surface area contributed by atoms with Gasteiger partial charge in [-0.15, -0.1) is 0 Å². The summed E-state index contributed by atoms with van der Waals surface area (Å²) in [4.78, 5) is 12.4. The molecule has 3 rings (SSSR count). The van der Waals surface area contributed by atoms with E-state index in [1.807, 2.05) is 0 Å². The average Bonchev–Trinajstić information content (AvgIpc) is 3.21. The summed E-state index contributed by atoms with van der Waals surface area (Å²) in [5.74, 6) is 2.06. The number of hydrogen-bond donors (Lipinski definition) is 2. The van der Waals surface area contributed by atoms with Crippen LogP contribution >= 0.6 is 0 Å². The van der Waals surface area contributed by atoms with Gasteiger partial charge >= 0.3 is 0 Å². The van der Waals surface area contributed by atoms with E-state index in [2.05, 4.69) is 109 Å². The molecule has 0 spiro atoms. The number of carboxylic acid groups (broad SMARTS) is 2. The zero-order valence-electron chi connectivity index (χ0n) is 21.3. The monoisotopic (exact) mass is 452 g/mol. The topological polar surface area (TPSA) is 68.0 Å². The highest BCUT2D eigenvalue weighted by Gasteiger charge is 2.30. The van der Waals surface area contributed by atoms with Gasteiger partial charge in [-0.05, 0) is 34.8 Å². The van der Waals surface area contributed by atoms with Crippen molar-refractivity contribution in [1.29, 1.82) is 0 Å². The highest BCUT2D eigenvalue weighted by Crippen LogP contribution is 2.36. The Morgan fingerprint density at radius 3 is 1.55 bits per heavy atom. The Morgan fingerprint density at radius 1 is 0.818 bits per heavy atom. The lowest BCUT2D eigenvalue weighted by Gasteiger charge is -2.27. The first-order valence-electron chi connectivity index (χ1n) is 11.9. The van der Waals surface area contributed by atoms with Crippen LogP contribution in [0.2, 0.25) is 0 Å². The normalized spacial score (nSPS) is 15.5. The molecule has 2 aromatic carbocycles. The van der Waals surface area contributed by atoms with Gasteiger partial charge in [0, 0.05) is 11.1 Å². The van der Waals surface area contributed by atoms with Crippen LogP contribution in [0.5, 0.6) is 0 Å². The van der Waals surface area contributed by atoms with Gasteiger partial charge in [-0.1, -0.05) is 91.8 Å². The number of hydrogen-bond acceptors (Lipinski definition) is 3. The molecule has 1 aliphatic heterocycles. The van der Waals surface area contributed by atoms with Gasteiger partial charge in [-0.3, -0.25) is 9.80 Å². The Bertz CT molecular complexity index is 849. The Hall–Kier alpha value is -2.79. The number of para-hydroxylation sites is 2. The molecule has 0 saturated carbocycles. The molecule has 1 unspecified atom stereocenters. The summed E-state index contributed by atoms with van der Waals surface area (Å²) in [6.45, 7) is 19.4. The Balaban J connectivity index is 0.000000890. The third kappa shape index (κ3) is 6.38. The van der Waals surface area contributed by atoms with Crippen molar-refractivity contribution >= 4 is 17.5 Å². The lowest BCUT2D eigenvalue weighted by Crippen LogP contribution is -3.02. The van der Waals surface area contributed by atoms with Gasteiger partial charge in [-0.25, -0.2) is 0 Å². The predicted octanol–water partition coefficient (Wildman–Crippen LogP) is 5.53. The Morgan fingerprint density at radius 2 is 1.18 bits per heavy atom. The van der Waals surface area contributed by atoms with Gasteiger partial charge in [0.15, 0.2) is 6.67 Å². The van der Waals surface area contributed by atoms with Gasteiger partial charge in [0.05, 0.1) is 11.9 Å². The van der Waals surface area contributed by atoms with Gasteiger partial charge in [0.2, 0.25) is 6.16 Å². The molecule has 5 heteroatoms. The Labute approximate surface area is 199 Å².